The van der Waals surface area contributed by atoms with Crippen LogP contribution in [0.25, 0.3) is 0 Å². The number of nitrogens with one attached hydrogen (secondary N) is 4. The number of fused-ring (bicyclic) bond motifs is 1. The zero-order valence-electron chi connectivity index (χ0n) is 26.1. The molecule has 6 amide bonds. The summed E-state index contributed by atoms with van der Waals surface area (Å²) in [6.07, 6.45) is 5.69. The van der Waals surface area contributed by atoms with Crippen LogP contribution in [0.1, 0.15) is 90.5 Å². The highest BCUT2D eigenvalue weighted by Gasteiger charge is 2.45. The van der Waals surface area contributed by atoms with Crippen LogP contribution in [0, 0.1) is 0 Å². The van der Waals surface area contributed by atoms with Gasteiger partial charge in [-0.1, -0.05) is 31.0 Å². The van der Waals surface area contributed by atoms with Crippen LogP contribution < -0.4 is 21.4 Å². The molecule has 13 heteroatoms. The highest BCUT2D eigenvalue weighted by Crippen LogP contribution is 2.32. The third-order valence-electron chi connectivity index (χ3n) is 8.12. The molecule has 0 spiro atoms. The van der Waals surface area contributed by atoms with Crippen molar-refractivity contribution in [2.45, 2.75) is 76.8 Å². The van der Waals surface area contributed by atoms with Crippen molar-refractivity contribution >= 4 is 46.8 Å². The van der Waals surface area contributed by atoms with E-state index in [1.165, 1.54) is 0 Å². The van der Waals surface area contributed by atoms with Crippen LogP contribution in [0.2, 0.25) is 0 Å². The van der Waals surface area contributed by atoms with Gasteiger partial charge in [-0.25, -0.2) is 5.48 Å². The fourth-order valence-corrected chi connectivity index (χ4v) is 5.68. The summed E-state index contributed by atoms with van der Waals surface area (Å²) < 4.78 is 0. The van der Waals surface area contributed by atoms with E-state index >= 15 is 0 Å². The van der Waals surface area contributed by atoms with Gasteiger partial charge < -0.3 is 15.5 Å². The Morgan fingerprint density at radius 3 is 2.33 bits per heavy atom. The van der Waals surface area contributed by atoms with Gasteiger partial charge in [0.2, 0.25) is 23.6 Å². The minimum absolute atomic E-state index is 0.0466. The van der Waals surface area contributed by atoms with Crippen molar-refractivity contribution in [1.29, 1.82) is 0 Å². The highest BCUT2D eigenvalue weighted by molar-refractivity contribution is 6.25. The van der Waals surface area contributed by atoms with Gasteiger partial charge in [0, 0.05) is 43.7 Å². The molecule has 0 saturated carbocycles. The molecule has 246 valence electrons. The van der Waals surface area contributed by atoms with E-state index in [2.05, 4.69) is 20.9 Å². The molecule has 0 radical (unpaired) electrons. The third-order valence-corrected chi connectivity index (χ3v) is 8.12. The maximum absolute atomic E-state index is 13.2. The topological polar surface area (TPSA) is 177 Å². The largest absolute Gasteiger partial charge is 0.384 e. The van der Waals surface area contributed by atoms with Crippen molar-refractivity contribution in [3.63, 3.8) is 0 Å². The Bertz CT molecular complexity index is 1440. The number of piperidine rings is 1. The van der Waals surface area contributed by atoms with Crippen molar-refractivity contribution in [1.82, 2.24) is 20.6 Å². The summed E-state index contributed by atoms with van der Waals surface area (Å²) in [5.41, 5.74) is 4.54. The minimum Gasteiger partial charge on any atom is -0.384 e. The minimum atomic E-state index is -0.994. The molecule has 5 N–H and O–H groups in total. The Balaban J connectivity index is 1.14. The van der Waals surface area contributed by atoms with Gasteiger partial charge >= 0.3 is 0 Å². The average molecular weight is 635 g/mol. The van der Waals surface area contributed by atoms with Gasteiger partial charge in [0.1, 0.15) is 6.04 Å². The van der Waals surface area contributed by atoms with Crippen LogP contribution in [0.15, 0.2) is 42.5 Å². The summed E-state index contributed by atoms with van der Waals surface area (Å²) >= 11 is 0. The molecule has 4 rings (SSSR count). The second kappa shape index (κ2) is 16.6. The first kappa shape index (κ1) is 34.3. The van der Waals surface area contributed by atoms with E-state index in [1.54, 1.807) is 23.7 Å². The smallest absolute Gasteiger partial charge is 0.264 e. The number of carbonyl (C=O) groups excluding carboxylic acids is 6. The van der Waals surface area contributed by atoms with E-state index in [0.29, 0.717) is 25.1 Å². The molecule has 2 aromatic carbocycles. The van der Waals surface area contributed by atoms with Gasteiger partial charge in [-0.15, -0.1) is 0 Å². The average Bonchev–Trinajstić information content (AvgIpc) is 3.29. The van der Waals surface area contributed by atoms with E-state index in [0.717, 1.165) is 61.3 Å². The number of anilines is 2. The Morgan fingerprint density at radius 1 is 0.913 bits per heavy atom. The van der Waals surface area contributed by atoms with Gasteiger partial charge in [0.25, 0.3) is 11.8 Å². The summed E-state index contributed by atoms with van der Waals surface area (Å²) in [4.78, 5) is 76.5. The number of hydroxylamine groups is 1. The van der Waals surface area contributed by atoms with Crippen molar-refractivity contribution in [3.8, 4) is 0 Å². The molecule has 2 aliphatic rings. The van der Waals surface area contributed by atoms with Gasteiger partial charge in [0.15, 0.2) is 0 Å². The molecule has 0 aromatic heterocycles. The fourth-order valence-electron chi connectivity index (χ4n) is 5.68. The highest BCUT2D eigenvalue weighted by atomic mass is 16.5. The molecular weight excluding hydrogens is 592 g/mol. The quantitative estimate of drug-likeness (QED) is 0.0757. The number of unbranched alkanes of at least 4 members (excludes halogenated alkanes) is 4. The second-order valence-electron chi connectivity index (χ2n) is 11.7. The van der Waals surface area contributed by atoms with Crippen LogP contribution in [-0.2, 0) is 25.7 Å². The van der Waals surface area contributed by atoms with Crippen LogP contribution in [0.5, 0.6) is 0 Å². The summed E-state index contributed by atoms with van der Waals surface area (Å²) in [5.74, 6) is -2.52. The number of imide groups is 2. The predicted octanol–water partition coefficient (Wildman–Crippen LogP) is 3.20. The Labute approximate surface area is 268 Å². The number of amides is 6. The summed E-state index contributed by atoms with van der Waals surface area (Å²) in [5, 5.41) is 16.9. The van der Waals surface area contributed by atoms with Gasteiger partial charge in [-0.3, -0.25) is 44.2 Å². The SMILES string of the molecule is CN(CCCCNc1cccc2c1C(=O)N(C1CCC(=O)NC1=O)C2=O)Cc1ccc(NC(=O)CCCCCCC(=O)NO)cc1. The number of rotatable bonds is 17. The Morgan fingerprint density at radius 2 is 1.63 bits per heavy atom. The van der Waals surface area contributed by atoms with Crippen molar-refractivity contribution in [2.75, 3.05) is 30.8 Å². The standard InChI is InChI=1S/C33H42N6O7/c1-38(21-22-13-15-23(16-14-22)35-27(40)11-4-2-3-5-12-29(42)37-46)20-7-6-19-34-25-10-8-9-24-30(25)33(45)39(32(24)44)26-17-18-28(41)36-31(26)43/h8-10,13-16,26,34,46H,2-7,11-12,17-21H2,1H3,(H,35,40)(H,37,42)(H,36,41,43). The lowest BCUT2D eigenvalue weighted by molar-refractivity contribution is -0.136. The van der Waals surface area contributed by atoms with Crippen LogP contribution in [0.4, 0.5) is 11.4 Å². The predicted molar refractivity (Wildman–Crippen MR) is 170 cm³/mol. The van der Waals surface area contributed by atoms with E-state index in [1.807, 2.05) is 31.3 Å². The van der Waals surface area contributed by atoms with Crippen LogP contribution in [0.3, 0.4) is 0 Å². The Hall–Kier alpha value is -4.62. The summed E-state index contributed by atoms with van der Waals surface area (Å²) in [6.45, 7) is 2.19. The summed E-state index contributed by atoms with van der Waals surface area (Å²) in [7, 11) is 2.04. The van der Waals surface area contributed by atoms with Gasteiger partial charge in [0.05, 0.1) is 11.1 Å². The molecule has 1 atom stereocenters. The molecule has 13 nitrogen and oxygen atoms in total. The maximum Gasteiger partial charge on any atom is 0.264 e. The zero-order valence-corrected chi connectivity index (χ0v) is 26.1. The van der Waals surface area contributed by atoms with Gasteiger partial charge in [-0.05, 0) is 75.5 Å². The Kier molecular flexibility index (Phi) is 12.4. The first-order valence-electron chi connectivity index (χ1n) is 15.8. The molecular formula is C33H42N6O7. The van der Waals surface area contributed by atoms with Crippen LogP contribution >= 0.6 is 0 Å². The van der Waals surface area contributed by atoms with Crippen molar-refractivity contribution < 1.29 is 34.0 Å². The number of hydrogen-bond acceptors (Lipinski definition) is 9. The molecule has 0 aliphatic carbocycles. The monoisotopic (exact) mass is 634 g/mol. The lowest BCUT2D eigenvalue weighted by Gasteiger charge is -2.27. The first-order valence-corrected chi connectivity index (χ1v) is 15.8. The second-order valence-corrected chi connectivity index (χ2v) is 11.7. The van der Waals surface area contributed by atoms with Crippen molar-refractivity contribution in [2.24, 2.45) is 0 Å². The molecule has 1 saturated heterocycles. The zero-order chi connectivity index (χ0) is 33.1. The van der Waals surface area contributed by atoms with Crippen LogP contribution in [-0.4, -0.2) is 76.6 Å². The molecule has 46 heavy (non-hydrogen) atoms. The molecule has 2 aromatic rings. The van der Waals surface area contributed by atoms with E-state index < -0.39 is 35.6 Å². The van der Waals surface area contributed by atoms with Gasteiger partial charge in [-0.2, -0.15) is 0 Å². The maximum atomic E-state index is 13.2. The van der Waals surface area contributed by atoms with E-state index in [-0.39, 0.29) is 36.3 Å². The molecule has 2 heterocycles. The van der Waals surface area contributed by atoms with Crippen molar-refractivity contribution in [3.05, 3.63) is 59.2 Å². The van der Waals surface area contributed by atoms with E-state index in [9.17, 15) is 28.8 Å². The molecule has 0 bridgehead atoms. The third kappa shape index (κ3) is 9.21. The molecule has 1 unspecified atom stereocenters. The first-order chi connectivity index (χ1) is 22.2. The number of hydrogen-bond donors (Lipinski definition) is 5. The summed E-state index contributed by atoms with van der Waals surface area (Å²) in [6, 6.07) is 11.8. The number of nitrogens with zero attached hydrogens (tertiary/aromatic N) is 2. The lowest BCUT2D eigenvalue weighted by atomic mass is 10.0. The molecule has 2 aliphatic heterocycles. The number of benzene rings is 2. The fraction of sp³-hybridized carbons (Fsp3) is 0.455. The molecule has 1 fully saturated rings. The number of carbonyl (C=O) groups is 6. The van der Waals surface area contributed by atoms with E-state index in [4.69, 9.17) is 5.21 Å². The lowest BCUT2D eigenvalue weighted by Crippen LogP contribution is -2.54. The normalized spacial score (nSPS) is 16.0.